The van der Waals surface area contributed by atoms with Crippen molar-refractivity contribution < 1.29 is 22.7 Å². The van der Waals surface area contributed by atoms with Crippen molar-refractivity contribution in [1.29, 1.82) is 0 Å². The maximum Gasteiger partial charge on any atom is 0.242 e. The third-order valence-electron chi connectivity index (χ3n) is 5.34. The van der Waals surface area contributed by atoms with E-state index in [0.717, 1.165) is 11.8 Å². The average molecular weight is 545 g/mol. The van der Waals surface area contributed by atoms with Gasteiger partial charge in [0, 0.05) is 31.1 Å². The average Bonchev–Trinajstić information content (AvgIpc) is 2.79. The van der Waals surface area contributed by atoms with Crippen LogP contribution in [0.2, 0.25) is 10.0 Å². The quantitative estimate of drug-likeness (QED) is 0.434. The van der Waals surface area contributed by atoms with Crippen LogP contribution < -0.4 is 14.4 Å². The van der Waals surface area contributed by atoms with Crippen LogP contribution in [0, 0.1) is 0 Å². The minimum atomic E-state index is -3.63. The molecule has 0 aliphatic heterocycles. The van der Waals surface area contributed by atoms with E-state index in [1.54, 1.807) is 44.2 Å². The number of nitrogens with one attached hydrogen (secondary N) is 1. The lowest BCUT2D eigenvalue weighted by atomic mass is 10.1. The largest absolute Gasteiger partial charge is 0.495 e. The summed E-state index contributed by atoms with van der Waals surface area (Å²) in [4.78, 5) is 27.2. The minimum absolute atomic E-state index is 0.0419. The Bertz CT molecular complexity index is 1140. The number of methoxy groups -OCH3 is 1. The Balaban J connectivity index is 2.18. The van der Waals surface area contributed by atoms with Gasteiger partial charge < -0.3 is 15.0 Å². The maximum absolute atomic E-state index is 13.2. The van der Waals surface area contributed by atoms with Crippen molar-refractivity contribution in [3.63, 3.8) is 0 Å². The highest BCUT2D eigenvalue weighted by atomic mass is 35.5. The molecule has 2 aromatic carbocycles. The zero-order valence-corrected chi connectivity index (χ0v) is 22.6. The van der Waals surface area contributed by atoms with Gasteiger partial charge in [0.05, 0.1) is 24.1 Å². The summed E-state index contributed by atoms with van der Waals surface area (Å²) in [6, 6.07) is 11.0. The molecule has 8 nitrogen and oxygen atoms in total. The van der Waals surface area contributed by atoms with Gasteiger partial charge in [-0.1, -0.05) is 35.3 Å². The van der Waals surface area contributed by atoms with Gasteiger partial charge in [0.15, 0.2) is 0 Å². The van der Waals surface area contributed by atoms with E-state index in [0.29, 0.717) is 23.0 Å². The lowest BCUT2D eigenvalue weighted by Crippen LogP contribution is -2.47. The van der Waals surface area contributed by atoms with E-state index >= 15 is 0 Å². The first-order valence-electron chi connectivity index (χ1n) is 11.1. The first-order valence-corrected chi connectivity index (χ1v) is 13.7. The van der Waals surface area contributed by atoms with Crippen LogP contribution in [-0.2, 0) is 26.2 Å². The number of rotatable bonds is 12. The smallest absolute Gasteiger partial charge is 0.242 e. The van der Waals surface area contributed by atoms with E-state index in [9.17, 15) is 18.0 Å². The van der Waals surface area contributed by atoms with Crippen LogP contribution in [0.4, 0.5) is 5.69 Å². The molecule has 0 saturated heterocycles. The van der Waals surface area contributed by atoms with E-state index in [1.165, 1.54) is 22.4 Å². The first-order chi connectivity index (χ1) is 16.5. The van der Waals surface area contributed by atoms with Crippen molar-refractivity contribution in [2.45, 2.75) is 39.3 Å². The number of likely N-dealkylation sites (N-methyl/N-ethyl adjacent to an activating group) is 1. The fourth-order valence-electron chi connectivity index (χ4n) is 3.55. The topological polar surface area (TPSA) is 96.0 Å². The van der Waals surface area contributed by atoms with Gasteiger partial charge in [-0.2, -0.15) is 0 Å². The second-order valence-electron chi connectivity index (χ2n) is 7.98. The lowest BCUT2D eigenvalue weighted by Gasteiger charge is -2.29. The summed E-state index contributed by atoms with van der Waals surface area (Å²) >= 11 is 12.3. The van der Waals surface area contributed by atoms with Crippen molar-refractivity contribution in [3.8, 4) is 5.75 Å². The fraction of sp³-hybridized carbons (Fsp3) is 0.417. The molecule has 0 radical (unpaired) electrons. The van der Waals surface area contributed by atoms with Crippen LogP contribution >= 0.6 is 23.2 Å². The predicted octanol–water partition coefficient (Wildman–Crippen LogP) is 4.10. The van der Waals surface area contributed by atoms with Gasteiger partial charge in [-0.15, -0.1) is 0 Å². The molecule has 0 aliphatic rings. The van der Waals surface area contributed by atoms with Crippen LogP contribution in [0.15, 0.2) is 42.5 Å². The van der Waals surface area contributed by atoms with Gasteiger partial charge in [-0.05, 0) is 56.2 Å². The molecule has 0 aromatic heterocycles. The molecule has 0 aliphatic carbocycles. The zero-order valence-electron chi connectivity index (χ0n) is 20.3. The minimum Gasteiger partial charge on any atom is -0.495 e. The Kier molecular flexibility index (Phi) is 10.7. The monoisotopic (exact) mass is 543 g/mol. The third kappa shape index (κ3) is 8.30. The number of hydrogen-bond donors (Lipinski definition) is 1. The Hall–Kier alpha value is -2.49. The highest BCUT2D eigenvalue weighted by Gasteiger charge is 2.26. The number of anilines is 1. The Labute approximate surface area is 217 Å². The number of carbonyl (C=O) groups excluding carboxylic acids is 2. The Morgan fingerprint density at radius 2 is 1.86 bits per heavy atom. The molecule has 0 bridgehead atoms. The summed E-state index contributed by atoms with van der Waals surface area (Å²) in [6.07, 6.45) is 1.37. The van der Waals surface area contributed by atoms with Crippen molar-refractivity contribution in [2.24, 2.45) is 0 Å². The SMILES string of the molecule is CCNC(=O)C(C)N(Cc1cccc(Cl)c1)C(=O)CCCN(c1ccc(OC)c(Cl)c1)S(C)(=O)=O. The summed E-state index contributed by atoms with van der Waals surface area (Å²) in [5.74, 6) is -0.117. The van der Waals surface area contributed by atoms with Crippen molar-refractivity contribution >= 4 is 50.7 Å². The number of halogens is 2. The normalized spacial score (nSPS) is 12.1. The lowest BCUT2D eigenvalue weighted by molar-refractivity contribution is -0.140. The highest BCUT2D eigenvalue weighted by Crippen LogP contribution is 2.30. The van der Waals surface area contributed by atoms with Crippen LogP contribution in [-0.4, -0.2) is 57.6 Å². The molecular weight excluding hydrogens is 513 g/mol. The summed E-state index contributed by atoms with van der Waals surface area (Å²) in [5, 5.41) is 3.55. The highest BCUT2D eigenvalue weighted by molar-refractivity contribution is 7.92. The number of benzene rings is 2. The fourth-order valence-corrected chi connectivity index (χ4v) is 4.97. The van der Waals surface area contributed by atoms with Crippen LogP contribution in [0.1, 0.15) is 32.3 Å². The molecule has 192 valence electrons. The molecule has 0 saturated carbocycles. The van der Waals surface area contributed by atoms with E-state index in [4.69, 9.17) is 27.9 Å². The molecular formula is C24H31Cl2N3O5S. The molecule has 2 amide bonds. The molecule has 0 heterocycles. The summed E-state index contributed by atoms with van der Waals surface area (Å²) < 4.78 is 31.2. The predicted molar refractivity (Wildman–Crippen MR) is 140 cm³/mol. The molecule has 0 fully saturated rings. The van der Waals surface area contributed by atoms with Crippen LogP contribution in [0.25, 0.3) is 0 Å². The second-order valence-corrected chi connectivity index (χ2v) is 10.7. The molecule has 1 unspecified atom stereocenters. The number of nitrogens with zero attached hydrogens (tertiary/aromatic N) is 2. The number of ether oxygens (including phenoxy) is 1. The van der Waals surface area contributed by atoms with E-state index < -0.39 is 16.1 Å². The molecule has 2 aromatic rings. The first kappa shape index (κ1) is 28.7. The molecule has 2 rings (SSSR count). The number of amides is 2. The second kappa shape index (κ2) is 13.0. The summed E-state index contributed by atoms with van der Waals surface area (Å²) in [6.45, 7) is 4.17. The molecule has 11 heteroatoms. The van der Waals surface area contributed by atoms with E-state index in [-0.39, 0.29) is 42.8 Å². The standard InChI is InChI=1S/C24H31Cl2N3O5S/c1-5-27-24(31)17(2)28(16-18-8-6-9-19(25)14-18)23(30)10-7-13-29(35(4,32)33)20-11-12-22(34-3)21(26)15-20/h6,8-9,11-12,14-15,17H,5,7,10,13,16H2,1-4H3,(H,27,31). The van der Waals surface area contributed by atoms with Crippen molar-refractivity contribution in [3.05, 3.63) is 58.1 Å². The van der Waals surface area contributed by atoms with Gasteiger partial charge in [-0.3, -0.25) is 13.9 Å². The van der Waals surface area contributed by atoms with Gasteiger partial charge in [0.1, 0.15) is 11.8 Å². The van der Waals surface area contributed by atoms with Crippen molar-refractivity contribution in [2.75, 3.05) is 30.8 Å². The van der Waals surface area contributed by atoms with E-state index in [2.05, 4.69) is 5.32 Å². The van der Waals surface area contributed by atoms with Crippen LogP contribution in [0.3, 0.4) is 0 Å². The summed E-state index contributed by atoms with van der Waals surface area (Å²) in [7, 11) is -2.16. The van der Waals surface area contributed by atoms with E-state index in [1.807, 2.05) is 6.07 Å². The van der Waals surface area contributed by atoms with Crippen LogP contribution in [0.5, 0.6) is 5.75 Å². The van der Waals surface area contributed by atoms with Gasteiger partial charge in [-0.25, -0.2) is 8.42 Å². The molecule has 0 spiro atoms. The van der Waals surface area contributed by atoms with Crippen molar-refractivity contribution in [1.82, 2.24) is 10.2 Å². The maximum atomic E-state index is 13.2. The number of carbonyl (C=O) groups is 2. The Morgan fingerprint density at radius 3 is 2.43 bits per heavy atom. The zero-order chi connectivity index (χ0) is 26.2. The van der Waals surface area contributed by atoms with Gasteiger partial charge in [0.2, 0.25) is 21.8 Å². The third-order valence-corrected chi connectivity index (χ3v) is 7.06. The molecule has 1 atom stereocenters. The Morgan fingerprint density at radius 1 is 1.14 bits per heavy atom. The number of hydrogen-bond acceptors (Lipinski definition) is 5. The number of sulfonamides is 1. The van der Waals surface area contributed by atoms with Gasteiger partial charge >= 0.3 is 0 Å². The van der Waals surface area contributed by atoms with Gasteiger partial charge in [0.25, 0.3) is 0 Å². The molecule has 1 N–H and O–H groups in total. The summed E-state index contributed by atoms with van der Waals surface area (Å²) in [5.41, 5.74) is 1.16. The molecule has 35 heavy (non-hydrogen) atoms.